The van der Waals surface area contributed by atoms with Crippen molar-refractivity contribution in [3.63, 3.8) is 0 Å². The Morgan fingerprint density at radius 1 is 0.870 bits per heavy atom. The maximum atomic E-state index is 3.25. The van der Waals surface area contributed by atoms with Crippen LogP contribution in [0.5, 0.6) is 0 Å². The molecule has 0 fully saturated rings. The van der Waals surface area contributed by atoms with Gasteiger partial charge in [0.1, 0.15) is 0 Å². The van der Waals surface area contributed by atoms with Crippen LogP contribution < -0.4 is 4.72 Å². The molecule has 0 saturated heterocycles. The van der Waals surface area contributed by atoms with Crippen LogP contribution in [0.3, 0.4) is 0 Å². The normalized spacial score (nSPS) is 11.0. The lowest BCUT2D eigenvalue weighted by Crippen LogP contribution is -2.22. The van der Waals surface area contributed by atoms with Crippen molar-refractivity contribution in [3.05, 3.63) is 65.2 Å². The molecule has 2 aromatic rings. The average Bonchev–Trinajstić information content (AvgIpc) is 2.56. The molecule has 0 aliphatic heterocycles. The molecule has 23 heavy (non-hydrogen) atoms. The van der Waals surface area contributed by atoms with Gasteiger partial charge in [-0.2, -0.15) is 0 Å². The Balaban J connectivity index is 1.66. The number of likely N-dealkylation sites (N-methyl/N-ethyl adjacent to an activating group) is 1. The van der Waals surface area contributed by atoms with Crippen molar-refractivity contribution in [1.82, 2.24) is 4.90 Å². The van der Waals surface area contributed by atoms with Crippen LogP contribution in [0.1, 0.15) is 23.1 Å². The van der Waals surface area contributed by atoms with Crippen LogP contribution in [0.2, 0.25) is 0 Å². The number of benzene rings is 2. The smallest absolute Gasteiger partial charge is 0.0440 e. The van der Waals surface area contributed by atoms with Gasteiger partial charge in [0.15, 0.2) is 0 Å². The molecule has 0 aliphatic rings. The zero-order chi connectivity index (χ0) is 16.5. The van der Waals surface area contributed by atoms with E-state index in [1.165, 1.54) is 28.8 Å². The van der Waals surface area contributed by atoms with Crippen molar-refractivity contribution in [2.45, 2.75) is 26.2 Å². The number of aryl methyl sites for hydroxylation is 2. The predicted octanol–water partition coefficient (Wildman–Crippen LogP) is 4.79. The Labute approximate surface area is 145 Å². The predicted molar refractivity (Wildman–Crippen MR) is 104 cm³/mol. The molecule has 0 radical (unpaired) electrons. The fourth-order valence-corrected chi connectivity index (χ4v) is 2.97. The second-order valence-corrected chi connectivity index (χ2v) is 6.76. The molecule has 0 spiro atoms. The largest absolute Gasteiger partial charge is 0.330 e. The van der Waals surface area contributed by atoms with E-state index in [1.807, 2.05) is 6.26 Å². The molecule has 0 atom stereocenters. The molecule has 124 valence electrons. The SMILES string of the molecule is CSNc1ccc(CCCN(C)CCc2ccc(C)cc2)cc1. The molecule has 0 aliphatic carbocycles. The molecule has 0 bridgehead atoms. The minimum Gasteiger partial charge on any atom is -0.330 e. The fourth-order valence-electron chi connectivity index (χ4n) is 2.60. The molecule has 0 saturated carbocycles. The summed E-state index contributed by atoms with van der Waals surface area (Å²) in [5.41, 5.74) is 5.36. The summed E-state index contributed by atoms with van der Waals surface area (Å²) >= 11 is 1.63. The topological polar surface area (TPSA) is 15.3 Å². The lowest BCUT2D eigenvalue weighted by Gasteiger charge is -2.16. The van der Waals surface area contributed by atoms with Gasteiger partial charge in [0.2, 0.25) is 0 Å². The van der Waals surface area contributed by atoms with E-state index in [9.17, 15) is 0 Å². The molecule has 1 N–H and O–H groups in total. The van der Waals surface area contributed by atoms with Crippen LogP contribution >= 0.6 is 11.9 Å². The average molecular weight is 329 g/mol. The number of nitrogens with one attached hydrogen (secondary N) is 1. The summed E-state index contributed by atoms with van der Waals surface area (Å²) in [6.07, 6.45) is 5.53. The number of rotatable bonds is 9. The molecule has 2 rings (SSSR count). The van der Waals surface area contributed by atoms with Crippen LogP contribution in [0.15, 0.2) is 48.5 Å². The van der Waals surface area contributed by atoms with E-state index in [0.29, 0.717) is 0 Å². The summed E-state index contributed by atoms with van der Waals surface area (Å²) in [4.78, 5) is 2.43. The number of hydrogen-bond acceptors (Lipinski definition) is 3. The molecule has 0 heterocycles. The highest BCUT2D eigenvalue weighted by molar-refractivity contribution is 7.99. The van der Waals surface area contributed by atoms with Gasteiger partial charge in [-0.15, -0.1) is 0 Å². The summed E-state index contributed by atoms with van der Waals surface area (Å²) in [6, 6.07) is 17.7. The van der Waals surface area contributed by atoms with Gasteiger partial charge >= 0.3 is 0 Å². The van der Waals surface area contributed by atoms with Crippen molar-refractivity contribution in [2.24, 2.45) is 0 Å². The highest BCUT2D eigenvalue weighted by Crippen LogP contribution is 2.13. The van der Waals surface area contributed by atoms with Gasteiger partial charge in [-0.3, -0.25) is 0 Å². The highest BCUT2D eigenvalue weighted by Gasteiger charge is 2.01. The Bertz CT molecular complexity index is 563. The lowest BCUT2D eigenvalue weighted by molar-refractivity contribution is 0.333. The molecule has 0 aromatic heterocycles. The molecular formula is C20H28N2S. The van der Waals surface area contributed by atoms with E-state index in [4.69, 9.17) is 0 Å². The first-order valence-corrected chi connectivity index (χ1v) is 9.52. The third kappa shape index (κ3) is 6.67. The minimum atomic E-state index is 1.12. The van der Waals surface area contributed by atoms with E-state index >= 15 is 0 Å². The minimum absolute atomic E-state index is 1.12. The Morgan fingerprint density at radius 2 is 1.48 bits per heavy atom. The quantitative estimate of drug-likeness (QED) is 0.666. The van der Waals surface area contributed by atoms with Crippen LogP contribution in [0.4, 0.5) is 5.69 Å². The first kappa shape index (κ1) is 17.9. The van der Waals surface area contributed by atoms with E-state index in [2.05, 4.69) is 72.1 Å². The Kier molecular flexibility index (Phi) is 7.50. The third-order valence-electron chi connectivity index (χ3n) is 4.08. The monoisotopic (exact) mass is 328 g/mol. The number of nitrogens with zero attached hydrogens (tertiary/aromatic N) is 1. The van der Waals surface area contributed by atoms with Gasteiger partial charge < -0.3 is 9.62 Å². The third-order valence-corrected chi connectivity index (χ3v) is 4.52. The molecule has 0 unspecified atom stereocenters. The van der Waals surface area contributed by atoms with Gasteiger partial charge in [-0.25, -0.2) is 0 Å². The second kappa shape index (κ2) is 9.64. The summed E-state index contributed by atoms with van der Waals surface area (Å²) in [7, 11) is 2.22. The van der Waals surface area contributed by atoms with Crippen molar-refractivity contribution in [1.29, 1.82) is 0 Å². The number of anilines is 1. The molecule has 2 nitrogen and oxygen atoms in total. The van der Waals surface area contributed by atoms with Crippen molar-refractivity contribution in [3.8, 4) is 0 Å². The zero-order valence-electron chi connectivity index (χ0n) is 14.5. The Hall–Kier alpha value is -1.45. The van der Waals surface area contributed by atoms with Crippen LogP contribution in [-0.4, -0.2) is 31.3 Å². The van der Waals surface area contributed by atoms with Crippen LogP contribution in [-0.2, 0) is 12.8 Å². The van der Waals surface area contributed by atoms with Crippen LogP contribution in [0, 0.1) is 6.92 Å². The molecule has 0 amide bonds. The van der Waals surface area contributed by atoms with E-state index in [0.717, 1.165) is 25.9 Å². The van der Waals surface area contributed by atoms with Crippen molar-refractivity contribution >= 4 is 17.6 Å². The molecular weight excluding hydrogens is 300 g/mol. The first-order valence-electron chi connectivity index (χ1n) is 8.29. The maximum Gasteiger partial charge on any atom is 0.0440 e. The molecule has 2 aromatic carbocycles. The standard InChI is InChI=1S/C20H28N2S/c1-17-6-8-19(9-7-17)14-16-22(2)15-4-5-18-10-12-20(13-11-18)21-23-3/h6-13,21H,4-5,14-16H2,1-3H3. The van der Waals surface area contributed by atoms with Gasteiger partial charge in [0, 0.05) is 18.5 Å². The fraction of sp³-hybridized carbons (Fsp3) is 0.400. The lowest BCUT2D eigenvalue weighted by atomic mass is 10.1. The van der Waals surface area contributed by atoms with E-state index < -0.39 is 0 Å². The van der Waals surface area contributed by atoms with Gasteiger partial charge in [-0.05, 0) is 63.0 Å². The summed E-state index contributed by atoms with van der Waals surface area (Å²) < 4.78 is 3.25. The zero-order valence-corrected chi connectivity index (χ0v) is 15.3. The van der Waals surface area contributed by atoms with Crippen LogP contribution in [0.25, 0.3) is 0 Å². The number of hydrogen-bond donors (Lipinski definition) is 1. The highest BCUT2D eigenvalue weighted by atomic mass is 32.2. The molecule has 3 heteroatoms. The maximum absolute atomic E-state index is 3.25. The van der Waals surface area contributed by atoms with Gasteiger partial charge in [0.25, 0.3) is 0 Å². The Morgan fingerprint density at radius 3 is 2.13 bits per heavy atom. The van der Waals surface area contributed by atoms with Gasteiger partial charge in [0.05, 0.1) is 0 Å². The second-order valence-electron chi connectivity index (χ2n) is 6.15. The first-order chi connectivity index (χ1) is 11.2. The summed E-state index contributed by atoms with van der Waals surface area (Å²) in [5, 5.41) is 0. The van der Waals surface area contributed by atoms with Gasteiger partial charge in [-0.1, -0.05) is 53.9 Å². The van der Waals surface area contributed by atoms with E-state index in [-0.39, 0.29) is 0 Å². The van der Waals surface area contributed by atoms with E-state index in [1.54, 1.807) is 11.9 Å². The summed E-state index contributed by atoms with van der Waals surface area (Å²) in [5.74, 6) is 0. The summed E-state index contributed by atoms with van der Waals surface area (Å²) in [6.45, 7) is 4.41. The van der Waals surface area contributed by atoms with Crippen molar-refractivity contribution in [2.75, 3.05) is 31.1 Å². The van der Waals surface area contributed by atoms with Crippen molar-refractivity contribution < 1.29 is 0 Å².